The van der Waals surface area contributed by atoms with E-state index in [-0.39, 0.29) is 0 Å². The van der Waals surface area contributed by atoms with Crippen LogP contribution in [0, 0.1) is 0 Å². The summed E-state index contributed by atoms with van der Waals surface area (Å²) in [5.74, 6) is -0.851. The van der Waals surface area contributed by atoms with Crippen LogP contribution in [0.5, 0.6) is 5.75 Å². The van der Waals surface area contributed by atoms with Crippen LogP contribution in [-0.2, 0) is 14.3 Å². The SMILES string of the molecule is C[C@H](NC(=O)OC(C)(C)C)C(=O)N[C@@H](C)C(=O)Oc1ccc(N)cc1. The lowest BCUT2D eigenvalue weighted by Gasteiger charge is -2.22. The van der Waals surface area contributed by atoms with Gasteiger partial charge in [0.15, 0.2) is 0 Å². The first-order valence-corrected chi connectivity index (χ1v) is 7.85. The Morgan fingerprint density at radius 1 is 1.00 bits per heavy atom. The number of benzene rings is 1. The van der Waals surface area contributed by atoms with E-state index in [9.17, 15) is 14.4 Å². The van der Waals surface area contributed by atoms with Crippen LogP contribution in [0.4, 0.5) is 10.5 Å². The van der Waals surface area contributed by atoms with Crippen molar-refractivity contribution in [2.45, 2.75) is 52.3 Å². The highest BCUT2D eigenvalue weighted by Crippen LogP contribution is 2.13. The smallest absolute Gasteiger partial charge is 0.408 e. The molecule has 2 atom stereocenters. The predicted octanol–water partition coefficient (Wildman–Crippen LogP) is 1.59. The molecule has 0 aliphatic heterocycles. The Balaban J connectivity index is 2.50. The van der Waals surface area contributed by atoms with Crippen molar-refractivity contribution in [2.75, 3.05) is 5.73 Å². The zero-order valence-electron chi connectivity index (χ0n) is 15.1. The number of nitrogens with two attached hydrogens (primary N) is 1. The normalized spacial score (nSPS) is 13.3. The quantitative estimate of drug-likeness (QED) is 0.421. The van der Waals surface area contributed by atoms with E-state index in [4.69, 9.17) is 15.2 Å². The van der Waals surface area contributed by atoms with Crippen LogP contribution in [0.25, 0.3) is 0 Å². The zero-order valence-corrected chi connectivity index (χ0v) is 15.1. The molecule has 0 aromatic heterocycles. The fourth-order valence-electron chi connectivity index (χ4n) is 1.69. The minimum Gasteiger partial charge on any atom is -0.444 e. The van der Waals surface area contributed by atoms with E-state index in [0.29, 0.717) is 11.4 Å². The number of anilines is 1. The number of hydrogen-bond acceptors (Lipinski definition) is 6. The number of hydrogen-bond donors (Lipinski definition) is 3. The van der Waals surface area contributed by atoms with Gasteiger partial charge in [-0.05, 0) is 58.9 Å². The number of rotatable bonds is 5. The van der Waals surface area contributed by atoms with E-state index in [0.717, 1.165) is 0 Å². The number of alkyl carbamates (subject to hydrolysis) is 1. The first-order valence-electron chi connectivity index (χ1n) is 7.85. The summed E-state index contributed by atoms with van der Waals surface area (Å²) in [6.45, 7) is 8.11. The molecule has 2 amide bonds. The lowest BCUT2D eigenvalue weighted by molar-refractivity contribution is -0.139. The topological polar surface area (TPSA) is 120 Å². The van der Waals surface area contributed by atoms with E-state index < -0.39 is 35.7 Å². The first-order chi connectivity index (χ1) is 11.5. The van der Waals surface area contributed by atoms with Gasteiger partial charge in [0, 0.05) is 5.69 Å². The predicted molar refractivity (Wildman–Crippen MR) is 92.9 cm³/mol. The van der Waals surface area contributed by atoms with Gasteiger partial charge >= 0.3 is 12.1 Å². The van der Waals surface area contributed by atoms with Crippen LogP contribution in [0.2, 0.25) is 0 Å². The molecule has 0 bridgehead atoms. The van der Waals surface area contributed by atoms with Crippen LogP contribution in [-0.4, -0.2) is 35.7 Å². The molecule has 1 rings (SSSR count). The highest BCUT2D eigenvalue weighted by molar-refractivity contribution is 5.89. The van der Waals surface area contributed by atoms with Crippen molar-refractivity contribution in [3.63, 3.8) is 0 Å². The molecule has 0 heterocycles. The van der Waals surface area contributed by atoms with Gasteiger partial charge in [-0.2, -0.15) is 0 Å². The summed E-state index contributed by atoms with van der Waals surface area (Å²) in [4.78, 5) is 35.7. The summed E-state index contributed by atoms with van der Waals surface area (Å²) >= 11 is 0. The maximum atomic E-state index is 12.1. The summed E-state index contributed by atoms with van der Waals surface area (Å²) in [7, 11) is 0. The van der Waals surface area contributed by atoms with Gasteiger partial charge < -0.3 is 25.8 Å². The highest BCUT2D eigenvalue weighted by Gasteiger charge is 2.24. The number of carbonyl (C=O) groups excluding carboxylic acids is 3. The summed E-state index contributed by atoms with van der Waals surface area (Å²) in [6.07, 6.45) is -0.716. The Morgan fingerprint density at radius 3 is 2.08 bits per heavy atom. The van der Waals surface area contributed by atoms with Gasteiger partial charge in [0.1, 0.15) is 23.4 Å². The zero-order chi connectivity index (χ0) is 19.2. The molecule has 8 heteroatoms. The first kappa shape index (κ1) is 20.3. The molecule has 0 unspecified atom stereocenters. The Hall–Kier alpha value is -2.77. The van der Waals surface area contributed by atoms with Gasteiger partial charge in [0.2, 0.25) is 5.91 Å². The Labute approximate surface area is 147 Å². The summed E-state index contributed by atoms with van der Waals surface area (Å²) in [5, 5.41) is 4.87. The van der Waals surface area contributed by atoms with Gasteiger partial charge in [-0.25, -0.2) is 9.59 Å². The van der Waals surface area contributed by atoms with Crippen LogP contribution >= 0.6 is 0 Å². The summed E-state index contributed by atoms with van der Waals surface area (Å²) in [5.41, 5.74) is 5.43. The molecular weight excluding hydrogens is 326 g/mol. The van der Waals surface area contributed by atoms with Gasteiger partial charge in [0.25, 0.3) is 0 Å². The Kier molecular flexibility index (Phi) is 6.78. The van der Waals surface area contributed by atoms with Crippen molar-refractivity contribution in [3.05, 3.63) is 24.3 Å². The molecule has 25 heavy (non-hydrogen) atoms. The molecule has 8 nitrogen and oxygen atoms in total. The molecule has 1 aromatic carbocycles. The molecule has 0 aliphatic carbocycles. The van der Waals surface area contributed by atoms with Gasteiger partial charge in [-0.3, -0.25) is 4.79 Å². The second-order valence-corrected chi connectivity index (χ2v) is 6.59. The number of nitrogens with one attached hydrogen (secondary N) is 2. The maximum absolute atomic E-state index is 12.1. The number of ether oxygens (including phenoxy) is 2. The lowest BCUT2D eigenvalue weighted by Crippen LogP contribution is -2.50. The molecule has 138 valence electrons. The van der Waals surface area contributed by atoms with Crippen molar-refractivity contribution >= 4 is 23.7 Å². The van der Waals surface area contributed by atoms with Crippen molar-refractivity contribution in [3.8, 4) is 5.75 Å². The largest absolute Gasteiger partial charge is 0.444 e. The third-order valence-corrected chi connectivity index (χ3v) is 2.94. The second kappa shape index (κ2) is 8.36. The number of amides is 2. The number of nitrogen functional groups attached to an aromatic ring is 1. The molecular formula is C17H25N3O5. The lowest BCUT2D eigenvalue weighted by atomic mass is 10.2. The molecule has 4 N–H and O–H groups in total. The Bertz CT molecular complexity index is 622. The second-order valence-electron chi connectivity index (χ2n) is 6.59. The molecule has 0 aliphatic rings. The molecule has 0 radical (unpaired) electrons. The van der Waals surface area contributed by atoms with Gasteiger partial charge in [0.05, 0.1) is 0 Å². The summed E-state index contributed by atoms with van der Waals surface area (Å²) < 4.78 is 10.2. The Morgan fingerprint density at radius 2 is 1.56 bits per heavy atom. The van der Waals surface area contributed by atoms with E-state index in [2.05, 4.69) is 10.6 Å². The van der Waals surface area contributed by atoms with Gasteiger partial charge in [-0.15, -0.1) is 0 Å². The van der Waals surface area contributed by atoms with Crippen LogP contribution < -0.4 is 21.1 Å². The average Bonchev–Trinajstić information content (AvgIpc) is 2.47. The van der Waals surface area contributed by atoms with Crippen molar-refractivity contribution in [1.82, 2.24) is 10.6 Å². The van der Waals surface area contributed by atoms with E-state index in [1.54, 1.807) is 45.0 Å². The van der Waals surface area contributed by atoms with Crippen molar-refractivity contribution in [1.29, 1.82) is 0 Å². The van der Waals surface area contributed by atoms with E-state index in [1.807, 2.05) is 0 Å². The monoisotopic (exact) mass is 351 g/mol. The molecule has 0 spiro atoms. The molecule has 0 fully saturated rings. The molecule has 0 saturated heterocycles. The van der Waals surface area contributed by atoms with Crippen LogP contribution in [0.3, 0.4) is 0 Å². The average molecular weight is 351 g/mol. The number of carbonyl (C=O) groups is 3. The molecule has 0 saturated carbocycles. The fraction of sp³-hybridized carbons (Fsp3) is 0.471. The van der Waals surface area contributed by atoms with Crippen LogP contribution in [0.1, 0.15) is 34.6 Å². The standard InChI is InChI=1S/C17H25N3O5/c1-10(20-16(23)25-17(3,4)5)14(21)19-11(2)15(22)24-13-8-6-12(18)7-9-13/h6-11H,18H2,1-5H3,(H,19,21)(H,20,23)/t10-,11-/m0/s1. The van der Waals surface area contributed by atoms with Crippen molar-refractivity contribution in [2.24, 2.45) is 0 Å². The van der Waals surface area contributed by atoms with Gasteiger partial charge in [-0.1, -0.05) is 0 Å². The minimum atomic E-state index is -0.895. The van der Waals surface area contributed by atoms with Crippen molar-refractivity contribution < 1.29 is 23.9 Å². The maximum Gasteiger partial charge on any atom is 0.408 e. The highest BCUT2D eigenvalue weighted by atomic mass is 16.6. The number of esters is 1. The minimum absolute atomic E-state index is 0.320. The third-order valence-electron chi connectivity index (χ3n) is 2.94. The van der Waals surface area contributed by atoms with E-state index in [1.165, 1.54) is 13.8 Å². The van der Waals surface area contributed by atoms with E-state index >= 15 is 0 Å². The van der Waals surface area contributed by atoms with Crippen LogP contribution in [0.15, 0.2) is 24.3 Å². The fourth-order valence-corrected chi connectivity index (χ4v) is 1.69. The molecule has 1 aromatic rings. The third kappa shape index (κ3) is 7.56. The summed E-state index contributed by atoms with van der Waals surface area (Å²) in [6, 6.07) is 4.52.